The normalized spacial score (nSPS) is 10.8. The molecule has 0 aliphatic rings. The number of hydrogen-bond acceptors (Lipinski definition) is 2. The van der Waals surface area contributed by atoms with Gasteiger partial charge < -0.3 is 5.11 Å². The molecule has 0 unspecified atom stereocenters. The number of nitrogens with zero attached hydrogens (tertiary/aromatic N) is 2. The highest BCUT2D eigenvalue weighted by atomic mass is 19.1. The highest BCUT2D eigenvalue weighted by Gasteiger charge is 2.23. The fourth-order valence-electron chi connectivity index (χ4n) is 2.78. The molecular formula is C19H17FN2O2. The van der Waals surface area contributed by atoms with Crippen molar-refractivity contribution in [3.63, 3.8) is 0 Å². The minimum atomic E-state index is -1.05. The standard InChI is InChI=1S/C19H17FN2O2/c1-11-4-5-12(2)16(10-11)22-18(14-6-8-15(20)9-7-14)17(19(23)24)13(3)21-22/h4-10H,1-3H3,(H,23,24). The Morgan fingerprint density at radius 1 is 1.08 bits per heavy atom. The van der Waals surface area contributed by atoms with Gasteiger partial charge in [-0.25, -0.2) is 13.9 Å². The number of hydrogen-bond donors (Lipinski definition) is 1. The van der Waals surface area contributed by atoms with Crippen molar-refractivity contribution in [2.75, 3.05) is 0 Å². The van der Waals surface area contributed by atoms with Crippen LogP contribution in [0.3, 0.4) is 0 Å². The third kappa shape index (κ3) is 2.69. The second-order valence-corrected chi connectivity index (χ2v) is 5.82. The molecular weight excluding hydrogens is 307 g/mol. The van der Waals surface area contributed by atoms with Gasteiger partial charge >= 0.3 is 5.97 Å². The van der Waals surface area contributed by atoms with Crippen molar-refractivity contribution < 1.29 is 14.3 Å². The smallest absolute Gasteiger partial charge is 0.339 e. The third-order valence-electron chi connectivity index (χ3n) is 3.98. The zero-order chi connectivity index (χ0) is 17.4. The van der Waals surface area contributed by atoms with E-state index >= 15 is 0 Å². The van der Waals surface area contributed by atoms with E-state index in [9.17, 15) is 14.3 Å². The molecule has 24 heavy (non-hydrogen) atoms. The Morgan fingerprint density at radius 3 is 2.38 bits per heavy atom. The summed E-state index contributed by atoms with van der Waals surface area (Å²) in [5.74, 6) is -1.42. The SMILES string of the molecule is Cc1ccc(C)c(-n2nc(C)c(C(=O)O)c2-c2ccc(F)cc2)c1. The number of aryl methyl sites for hydroxylation is 3. The van der Waals surface area contributed by atoms with Gasteiger partial charge in [0.1, 0.15) is 11.4 Å². The molecule has 4 nitrogen and oxygen atoms in total. The van der Waals surface area contributed by atoms with Gasteiger partial charge in [0.05, 0.1) is 17.1 Å². The van der Waals surface area contributed by atoms with Crippen molar-refractivity contribution in [2.45, 2.75) is 20.8 Å². The van der Waals surface area contributed by atoms with Crippen LogP contribution in [0.1, 0.15) is 27.2 Å². The van der Waals surface area contributed by atoms with Crippen LogP contribution in [0, 0.1) is 26.6 Å². The summed E-state index contributed by atoms with van der Waals surface area (Å²) in [5.41, 5.74) is 4.44. The van der Waals surface area contributed by atoms with E-state index in [4.69, 9.17) is 0 Å². The monoisotopic (exact) mass is 324 g/mol. The highest BCUT2D eigenvalue weighted by molar-refractivity contribution is 5.96. The summed E-state index contributed by atoms with van der Waals surface area (Å²) < 4.78 is 14.9. The van der Waals surface area contributed by atoms with E-state index in [2.05, 4.69) is 5.10 Å². The molecule has 1 aromatic heterocycles. The molecule has 0 aliphatic heterocycles. The Balaban J connectivity index is 2.35. The van der Waals surface area contributed by atoms with E-state index in [1.807, 2.05) is 32.0 Å². The Morgan fingerprint density at radius 2 is 1.75 bits per heavy atom. The van der Waals surface area contributed by atoms with Crippen LogP contribution in [0.4, 0.5) is 4.39 Å². The molecule has 0 spiro atoms. The molecule has 122 valence electrons. The Kier molecular flexibility index (Phi) is 3.93. The number of rotatable bonds is 3. The third-order valence-corrected chi connectivity index (χ3v) is 3.98. The molecule has 0 bridgehead atoms. The number of aromatic nitrogens is 2. The van der Waals surface area contributed by atoms with Gasteiger partial charge in [0, 0.05) is 5.56 Å². The van der Waals surface area contributed by atoms with Crippen molar-refractivity contribution in [2.24, 2.45) is 0 Å². The van der Waals surface area contributed by atoms with E-state index < -0.39 is 5.97 Å². The molecule has 0 atom stereocenters. The number of carbonyl (C=O) groups is 1. The second-order valence-electron chi connectivity index (χ2n) is 5.82. The molecule has 5 heteroatoms. The average Bonchev–Trinajstić information content (AvgIpc) is 2.88. The molecule has 0 saturated carbocycles. The Bertz CT molecular complexity index is 927. The minimum Gasteiger partial charge on any atom is -0.478 e. The molecule has 0 fully saturated rings. The van der Waals surface area contributed by atoms with E-state index in [-0.39, 0.29) is 11.4 Å². The minimum absolute atomic E-state index is 0.127. The summed E-state index contributed by atoms with van der Waals surface area (Å²) in [7, 11) is 0. The summed E-state index contributed by atoms with van der Waals surface area (Å²) in [5, 5.41) is 14.1. The van der Waals surface area contributed by atoms with Crippen LogP contribution in [-0.4, -0.2) is 20.9 Å². The van der Waals surface area contributed by atoms with Gasteiger partial charge in [0.25, 0.3) is 0 Å². The molecule has 1 heterocycles. The summed E-state index contributed by atoms with van der Waals surface area (Å²) >= 11 is 0. The summed E-state index contributed by atoms with van der Waals surface area (Å²) in [6.45, 7) is 5.58. The van der Waals surface area contributed by atoms with Crippen LogP contribution in [0.2, 0.25) is 0 Å². The van der Waals surface area contributed by atoms with Crippen molar-refractivity contribution in [1.29, 1.82) is 0 Å². The van der Waals surface area contributed by atoms with Gasteiger partial charge in [0.2, 0.25) is 0 Å². The first-order valence-electron chi connectivity index (χ1n) is 7.55. The first-order valence-corrected chi connectivity index (χ1v) is 7.55. The van der Waals surface area contributed by atoms with Crippen LogP contribution >= 0.6 is 0 Å². The Labute approximate surface area is 139 Å². The second kappa shape index (κ2) is 5.92. The van der Waals surface area contributed by atoms with Crippen LogP contribution in [0.15, 0.2) is 42.5 Å². The number of aromatic carboxylic acids is 1. The average molecular weight is 324 g/mol. The van der Waals surface area contributed by atoms with E-state index in [1.165, 1.54) is 12.1 Å². The number of benzene rings is 2. The van der Waals surface area contributed by atoms with E-state index in [0.29, 0.717) is 17.0 Å². The molecule has 2 aromatic carbocycles. The predicted octanol–water partition coefficient (Wildman–Crippen LogP) is 4.30. The predicted molar refractivity (Wildman–Crippen MR) is 90.1 cm³/mol. The lowest BCUT2D eigenvalue weighted by Crippen LogP contribution is -2.05. The molecule has 0 amide bonds. The zero-order valence-corrected chi connectivity index (χ0v) is 13.7. The van der Waals surface area contributed by atoms with Crippen LogP contribution in [0.5, 0.6) is 0 Å². The molecule has 0 saturated heterocycles. The maximum Gasteiger partial charge on any atom is 0.339 e. The van der Waals surface area contributed by atoms with Crippen LogP contribution < -0.4 is 0 Å². The van der Waals surface area contributed by atoms with Gasteiger partial charge in [-0.2, -0.15) is 5.10 Å². The van der Waals surface area contributed by atoms with Crippen LogP contribution in [0.25, 0.3) is 16.9 Å². The molecule has 3 rings (SSSR count). The van der Waals surface area contributed by atoms with E-state index in [0.717, 1.165) is 16.8 Å². The lowest BCUT2D eigenvalue weighted by molar-refractivity contribution is 0.0697. The number of carboxylic acid groups (broad SMARTS) is 1. The fourth-order valence-corrected chi connectivity index (χ4v) is 2.78. The lowest BCUT2D eigenvalue weighted by atomic mass is 10.0. The topological polar surface area (TPSA) is 55.1 Å². The first kappa shape index (κ1) is 15.9. The molecule has 0 radical (unpaired) electrons. The van der Waals surface area contributed by atoms with Gasteiger partial charge in [-0.15, -0.1) is 0 Å². The zero-order valence-electron chi connectivity index (χ0n) is 13.7. The molecule has 1 N–H and O–H groups in total. The first-order chi connectivity index (χ1) is 11.4. The van der Waals surface area contributed by atoms with Crippen LogP contribution in [-0.2, 0) is 0 Å². The van der Waals surface area contributed by atoms with E-state index in [1.54, 1.807) is 23.7 Å². The quantitative estimate of drug-likeness (QED) is 0.781. The summed E-state index contributed by atoms with van der Waals surface area (Å²) in [6.07, 6.45) is 0. The van der Waals surface area contributed by atoms with Crippen molar-refractivity contribution >= 4 is 5.97 Å². The summed E-state index contributed by atoms with van der Waals surface area (Å²) in [6, 6.07) is 11.7. The van der Waals surface area contributed by atoms with Crippen molar-refractivity contribution in [3.05, 3.63) is 70.7 Å². The van der Waals surface area contributed by atoms with Gasteiger partial charge in [-0.1, -0.05) is 12.1 Å². The van der Waals surface area contributed by atoms with Gasteiger partial charge in [0.15, 0.2) is 0 Å². The van der Waals surface area contributed by atoms with Crippen molar-refractivity contribution in [1.82, 2.24) is 9.78 Å². The highest BCUT2D eigenvalue weighted by Crippen LogP contribution is 2.30. The number of carboxylic acids is 1. The molecule has 0 aliphatic carbocycles. The Hall–Kier alpha value is -2.95. The summed E-state index contributed by atoms with van der Waals surface area (Å²) in [4.78, 5) is 11.8. The van der Waals surface area contributed by atoms with Crippen molar-refractivity contribution in [3.8, 4) is 16.9 Å². The number of halogens is 1. The van der Waals surface area contributed by atoms with Gasteiger partial charge in [-0.3, -0.25) is 0 Å². The fraction of sp³-hybridized carbons (Fsp3) is 0.158. The maximum atomic E-state index is 13.3. The largest absolute Gasteiger partial charge is 0.478 e. The molecule has 3 aromatic rings. The lowest BCUT2D eigenvalue weighted by Gasteiger charge is -2.12. The van der Waals surface area contributed by atoms with Gasteiger partial charge in [-0.05, 0) is 62.2 Å². The maximum absolute atomic E-state index is 13.3.